The molecule has 9 atom stereocenters. The Balaban J connectivity index is 2.04. The molecule has 3 rings (SSSR count). The minimum atomic E-state index is -1.73. The molecule has 1 aromatic carbocycles. The minimum absolute atomic E-state index is 0.0348. The van der Waals surface area contributed by atoms with Crippen molar-refractivity contribution in [3.05, 3.63) is 29.8 Å². The van der Waals surface area contributed by atoms with Crippen molar-refractivity contribution < 1.29 is 57.8 Å². The number of likely N-dealkylation sites (tertiary alicyclic amines) is 1. The van der Waals surface area contributed by atoms with Crippen LogP contribution in [0.2, 0.25) is 0 Å². The molecule has 1 aromatic rings. The monoisotopic (exact) mass is 985 g/mol. The van der Waals surface area contributed by atoms with Gasteiger partial charge < -0.3 is 70.2 Å². The third-order valence-electron chi connectivity index (χ3n) is 12.2. The molecular weight excluding hydrogens is 913 g/mol. The molecule has 2 fully saturated rings. The first-order valence-corrected chi connectivity index (χ1v) is 23.8. The number of amides is 11. The molecule has 2 saturated heterocycles. The molecule has 0 aliphatic carbocycles. The molecule has 388 valence electrons. The van der Waals surface area contributed by atoms with Crippen LogP contribution in [0.1, 0.15) is 110 Å². The lowest BCUT2D eigenvalue weighted by Crippen LogP contribution is -2.61. The summed E-state index contributed by atoms with van der Waals surface area (Å²) in [6.45, 7) is 6.68. The van der Waals surface area contributed by atoms with Crippen LogP contribution in [0.4, 0.5) is 0 Å². The van der Waals surface area contributed by atoms with Crippen molar-refractivity contribution in [2.24, 2.45) is 34.8 Å². The maximum Gasteiger partial charge on any atom is 0.245 e. The Labute approximate surface area is 407 Å². The molecule has 2 heterocycles. The zero-order chi connectivity index (χ0) is 52.2. The van der Waals surface area contributed by atoms with Crippen LogP contribution in [0, 0.1) is 11.8 Å². The lowest BCUT2D eigenvalue weighted by molar-refractivity contribution is -0.143. The highest BCUT2D eigenvalue weighted by atomic mass is 16.3. The average molecular weight is 985 g/mol. The van der Waals surface area contributed by atoms with E-state index in [9.17, 15) is 57.8 Å². The normalized spacial score (nSPS) is 24.3. The lowest BCUT2D eigenvalue weighted by Gasteiger charge is -2.31. The summed E-state index contributed by atoms with van der Waals surface area (Å²) in [6.07, 6.45) is 0.485. The molecule has 0 spiro atoms. The fraction of sp³-hybridized carbons (Fsp3) is 0.630. The summed E-state index contributed by atoms with van der Waals surface area (Å²) in [7, 11) is 0. The van der Waals surface area contributed by atoms with Gasteiger partial charge in [-0.05, 0) is 68.1 Å². The maximum atomic E-state index is 14.5. The Morgan fingerprint density at radius 2 is 1.34 bits per heavy atom. The van der Waals surface area contributed by atoms with E-state index in [0.717, 1.165) is 0 Å². The SMILES string of the molecule is CC[C@@H](C)[C@@H]1NC(=O)[C@H](Cc2ccc(O)cc2)NC(=O)[C@@H](N)CCCCC[C@@H](C(=O)N2CCC[C@H]2C(=O)N[C@@H](CC(C)C)C(=O)NCC(N)=O)NC(=O)[C@H](CC(N)=O)NC(=O)[C@H](CCC(N)=O)NC1=O. The molecule has 2 aliphatic rings. The summed E-state index contributed by atoms with van der Waals surface area (Å²) in [5.74, 6) is -9.75. The first kappa shape index (κ1) is 57.5. The predicted octanol–water partition coefficient (Wildman–Crippen LogP) is -3.04. The number of benzene rings is 1. The van der Waals surface area contributed by atoms with Gasteiger partial charge in [0, 0.05) is 19.4 Å². The Bertz CT molecular complexity index is 2050. The van der Waals surface area contributed by atoms with Gasteiger partial charge in [-0.2, -0.15) is 0 Å². The summed E-state index contributed by atoms with van der Waals surface area (Å²) in [5, 5.41) is 27.9. The molecule has 0 aromatic heterocycles. The summed E-state index contributed by atoms with van der Waals surface area (Å²) in [6, 6.07) is -4.63. The second kappa shape index (κ2) is 28.0. The Morgan fingerprint density at radius 3 is 1.96 bits per heavy atom. The van der Waals surface area contributed by atoms with Gasteiger partial charge in [0.1, 0.15) is 48.0 Å². The Morgan fingerprint density at radius 1 is 0.729 bits per heavy atom. The molecular formula is C46H72N12O12. The van der Waals surface area contributed by atoms with Crippen molar-refractivity contribution in [1.82, 2.24) is 42.1 Å². The van der Waals surface area contributed by atoms with E-state index in [1.165, 1.54) is 17.0 Å². The van der Waals surface area contributed by atoms with E-state index in [0.29, 0.717) is 31.2 Å². The number of rotatable bonds is 17. The van der Waals surface area contributed by atoms with Crippen molar-refractivity contribution in [3.63, 3.8) is 0 Å². The van der Waals surface area contributed by atoms with Gasteiger partial charge in [-0.3, -0.25) is 52.7 Å². The molecule has 24 heteroatoms. The van der Waals surface area contributed by atoms with Crippen LogP contribution in [0.5, 0.6) is 5.75 Å². The molecule has 70 heavy (non-hydrogen) atoms. The number of phenolic OH excluding ortho intramolecular Hbond substituents is 1. The zero-order valence-electron chi connectivity index (χ0n) is 40.4. The third-order valence-corrected chi connectivity index (χ3v) is 12.2. The smallest absolute Gasteiger partial charge is 0.245 e. The summed E-state index contributed by atoms with van der Waals surface area (Å²) in [4.78, 5) is 148. The van der Waals surface area contributed by atoms with Crippen LogP contribution < -0.4 is 60.2 Å². The van der Waals surface area contributed by atoms with Crippen LogP contribution >= 0.6 is 0 Å². The fourth-order valence-corrected chi connectivity index (χ4v) is 8.13. The number of phenols is 1. The number of carbonyl (C=O) groups excluding carboxylic acids is 11. The van der Waals surface area contributed by atoms with Crippen LogP contribution in [-0.4, -0.2) is 136 Å². The zero-order valence-corrected chi connectivity index (χ0v) is 40.4. The first-order chi connectivity index (χ1) is 33.0. The highest BCUT2D eigenvalue weighted by Gasteiger charge is 2.40. The predicted molar refractivity (Wildman–Crippen MR) is 253 cm³/mol. The lowest BCUT2D eigenvalue weighted by atomic mass is 9.96. The van der Waals surface area contributed by atoms with Gasteiger partial charge in [0.2, 0.25) is 65.0 Å². The Hall–Kier alpha value is -6.85. The van der Waals surface area contributed by atoms with Gasteiger partial charge in [-0.1, -0.05) is 65.5 Å². The molecule has 11 amide bonds. The fourth-order valence-electron chi connectivity index (χ4n) is 8.13. The van der Waals surface area contributed by atoms with E-state index in [4.69, 9.17) is 22.9 Å². The van der Waals surface area contributed by atoms with E-state index >= 15 is 0 Å². The van der Waals surface area contributed by atoms with Crippen molar-refractivity contribution in [2.45, 2.75) is 160 Å². The highest BCUT2D eigenvalue weighted by molar-refractivity contribution is 5.99. The van der Waals surface area contributed by atoms with Gasteiger partial charge in [0.15, 0.2) is 0 Å². The van der Waals surface area contributed by atoms with Crippen molar-refractivity contribution in [1.29, 1.82) is 0 Å². The highest BCUT2D eigenvalue weighted by Crippen LogP contribution is 2.22. The third kappa shape index (κ3) is 18.6. The van der Waals surface area contributed by atoms with Crippen LogP contribution in [0.15, 0.2) is 24.3 Å². The number of primary amides is 3. The standard InChI is InChI=1S/C46H72N12O12/c1-5-25(4)38-45(69)52-29(17-18-35(48)60)41(65)55-33(22-36(49)61)42(66)53-30(46(70)58-19-9-12-34(58)44(68)56-31(20-24(2)3)40(64)51-23-37(50)62)11-8-6-7-10-28(47)39(63)54-32(43(67)57-38)21-26-13-15-27(59)16-14-26/h13-16,24-25,28-34,38,59H,5-12,17-23,47H2,1-4H3,(H2,48,60)(H2,49,61)(H2,50,62)(H,51,64)(H,52,69)(H,53,66)(H,54,63)(H,55,65)(H,56,68)(H,57,67)/t25-,28+,29+,30+,31+,32+,33+,34+,38+/m1/s1. The summed E-state index contributed by atoms with van der Waals surface area (Å²) in [5.41, 5.74) is 23.0. The summed E-state index contributed by atoms with van der Waals surface area (Å²) >= 11 is 0. The second-order valence-corrected chi connectivity index (χ2v) is 18.5. The van der Waals surface area contributed by atoms with Gasteiger partial charge >= 0.3 is 0 Å². The van der Waals surface area contributed by atoms with Crippen LogP contribution in [-0.2, 0) is 59.2 Å². The van der Waals surface area contributed by atoms with E-state index in [1.54, 1.807) is 26.0 Å². The number of nitrogens with zero attached hydrogens (tertiary/aromatic N) is 1. The quantitative estimate of drug-likeness (QED) is 0.0740. The molecule has 0 unspecified atom stereocenters. The summed E-state index contributed by atoms with van der Waals surface area (Å²) < 4.78 is 0. The molecule has 0 bridgehead atoms. The molecule has 2 aliphatic heterocycles. The van der Waals surface area contributed by atoms with E-state index in [2.05, 4.69) is 37.2 Å². The number of hydrogen-bond acceptors (Lipinski definition) is 13. The maximum absolute atomic E-state index is 14.5. The van der Waals surface area contributed by atoms with E-state index in [-0.39, 0.29) is 63.2 Å². The molecule has 24 nitrogen and oxygen atoms in total. The van der Waals surface area contributed by atoms with Gasteiger partial charge in [-0.25, -0.2) is 0 Å². The topological polar surface area (TPSA) is 400 Å². The number of nitrogens with one attached hydrogen (secondary N) is 7. The van der Waals surface area contributed by atoms with E-state index in [1.807, 2.05) is 13.8 Å². The van der Waals surface area contributed by atoms with E-state index < -0.39 is 139 Å². The van der Waals surface area contributed by atoms with Crippen molar-refractivity contribution in [2.75, 3.05) is 13.1 Å². The molecule has 16 N–H and O–H groups in total. The van der Waals surface area contributed by atoms with Crippen molar-refractivity contribution >= 4 is 65.0 Å². The van der Waals surface area contributed by atoms with Gasteiger partial charge in [-0.15, -0.1) is 0 Å². The van der Waals surface area contributed by atoms with Gasteiger partial charge in [0.25, 0.3) is 0 Å². The number of hydrogen-bond donors (Lipinski definition) is 12. The number of aromatic hydroxyl groups is 1. The van der Waals surface area contributed by atoms with Crippen LogP contribution in [0.25, 0.3) is 0 Å². The molecule has 0 radical (unpaired) electrons. The number of nitrogens with two attached hydrogens (primary N) is 4. The largest absolute Gasteiger partial charge is 0.508 e. The average Bonchev–Trinajstić information content (AvgIpc) is 3.79. The van der Waals surface area contributed by atoms with Gasteiger partial charge in [0.05, 0.1) is 19.0 Å². The van der Waals surface area contributed by atoms with Crippen molar-refractivity contribution in [3.8, 4) is 5.75 Å². The molecule has 0 saturated carbocycles. The Kier molecular flexibility index (Phi) is 23.0. The minimum Gasteiger partial charge on any atom is -0.508 e. The first-order valence-electron chi connectivity index (χ1n) is 23.8. The number of carbonyl (C=O) groups is 11. The van der Waals surface area contributed by atoms with Crippen LogP contribution in [0.3, 0.4) is 0 Å². The second-order valence-electron chi connectivity index (χ2n) is 18.5.